The fourth-order valence-electron chi connectivity index (χ4n) is 1.71. The molecule has 2 rings (SSSR count). The normalized spacial score (nSPS) is 12.3. The molecule has 1 unspecified atom stereocenters. The van der Waals surface area contributed by atoms with Gasteiger partial charge >= 0.3 is 0 Å². The van der Waals surface area contributed by atoms with Gasteiger partial charge in [-0.05, 0) is 25.1 Å². The van der Waals surface area contributed by atoms with Crippen molar-refractivity contribution in [3.8, 4) is 5.75 Å². The summed E-state index contributed by atoms with van der Waals surface area (Å²) < 4.78 is 10.4. The summed E-state index contributed by atoms with van der Waals surface area (Å²) in [5.41, 5.74) is 0. The summed E-state index contributed by atoms with van der Waals surface area (Å²) >= 11 is 5.85. The minimum atomic E-state index is -0.603. The Kier molecular flexibility index (Phi) is 5.98. The first-order valence-corrected chi connectivity index (χ1v) is 7.07. The molecule has 1 atom stereocenters. The molecule has 0 aliphatic rings. The number of aromatic nitrogens is 2. The number of nitrogens with zero attached hydrogens (tertiary/aromatic N) is 2. The first-order valence-electron chi connectivity index (χ1n) is 6.70. The Hall–Kier alpha value is -1.63. The van der Waals surface area contributed by atoms with Crippen LogP contribution in [0.25, 0.3) is 0 Å². The monoisotopic (exact) mass is 311 g/mol. The fraction of sp³-hybridized carbons (Fsp3) is 0.429. The summed E-state index contributed by atoms with van der Waals surface area (Å²) in [4.78, 5) is 4.09. The maximum absolute atomic E-state index is 9.81. The molecule has 1 heterocycles. The van der Waals surface area contributed by atoms with Crippen molar-refractivity contribution >= 4 is 11.6 Å². The third kappa shape index (κ3) is 5.71. The second-order valence-electron chi connectivity index (χ2n) is 4.61. The van der Waals surface area contributed by atoms with Crippen LogP contribution in [0.4, 0.5) is 0 Å². The van der Waals surface area contributed by atoms with Crippen molar-refractivity contribution in [2.75, 3.05) is 19.7 Å². The first-order chi connectivity index (χ1) is 10.1. The Bertz CT molecular complexity index is 562. The number of aliphatic hydroxyl groups excluding tert-OH is 1. The zero-order chi connectivity index (χ0) is 15.1. The van der Waals surface area contributed by atoms with Crippen LogP contribution in [0.1, 0.15) is 11.7 Å². The molecule has 0 aliphatic carbocycles. The molecule has 0 saturated heterocycles. The van der Waals surface area contributed by atoms with E-state index >= 15 is 0 Å². The number of hydrogen-bond acceptors (Lipinski definition) is 6. The second-order valence-corrected chi connectivity index (χ2v) is 5.05. The third-order valence-electron chi connectivity index (χ3n) is 2.70. The maximum Gasteiger partial charge on any atom is 0.227 e. The standard InChI is InChI=1S/C14H18ClN3O3/c1-10-17-14(21-18-10)5-6-16-8-12(19)9-20-13-4-2-3-11(15)7-13/h2-4,7,12,16,19H,5-6,8-9H2,1H3. The highest BCUT2D eigenvalue weighted by molar-refractivity contribution is 6.30. The quantitative estimate of drug-likeness (QED) is 0.721. The van der Waals surface area contributed by atoms with Crippen LogP contribution in [-0.4, -0.2) is 41.0 Å². The summed E-state index contributed by atoms with van der Waals surface area (Å²) in [6.07, 6.45) is 0.0244. The van der Waals surface area contributed by atoms with Crippen LogP contribution >= 0.6 is 11.6 Å². The molecule has 0 saturated carbocycles. The van der Waals surface area contributed by atoms with Gasteiger partial charge < -0.3 is 19.7 Å². The van der Waals surface area contributed by atoms with Crippen molar-refractivity contribution in [2.45, 2.75) is 19.4 Å². The molecule has 114 valence electrons. The lowest BCUT2D eigenvalue weighted by molar-refractivity contribution is 0.106. The molecule has 0 fully saturated rings. The molecule has 7 heteroatoms. The average Bonchev–Trinajstić information content (AvgIpc) is 2.87. The van der Waals surface area contributed by atoms with Gasteiger partial charge in [-0.2, -0.15) is 4.98 Å². The van der Waals surface area contributed by atoms with E-state index < -0.39 is 6.10 Å². The van der Waals surface area contributed by atoms with Crippen LogP contribution in [-0.2, 0) is 6.42 Å². The lowest BCUT2D eigenvalue weighted by Gasteiger charge is -2.13. The van der Waals surface area contributed by atoms with Gasteiger partial charge in [0.25, 0.3) is 0 Å². The molecule has 21 heavy (non-hydrogen) atoms. The predicted octanol–water partition coefficient (Wildman–Crippen LogP) is 1.60. The molecule has 6 nitrogen and oxygen atoms in total. The topological polar surface area (TPSA) is 80.4 Å². The van der Waals surface area contributed by atoms with Crippen molar-refractivity contribution in [3.05, 3.63) is 41.0 Å². The lowest BCUT2D eigenvalue weighted by Crippen LogP contribution is -2.32. The van der Waals surface area contributed by atoms with Crippen LogP contribution in [0, 0.1) is 6.92 Å². The summed E-state index contributed by atoms with van der Waals surface area (Å²) in [5, 5.41) is 17.2. The first kappa shape index (κ1) is 15.8. The molecular weight excluding hydrogens is 294 g/mol. The highest BCUT2D eigenvalue weighted by Crippen LogP contribution is 2.17. The highest BCUT2D eigenvalue weighted by atomic mass is 35.5. The van der Waals surface area contributed by atoms with E-state index in [2.05, 4.69) is 15.5 Å². The number of hydrogen-bond donors (Lipinski definition) is 2. The smallest absolute Gasteiger partial charge is 0.227 e. The van der Waals surface area contributed by atoms with Gasteiger partial charge in [0, 0.05) is 24.5 Å². The van der Waals surface area contributed by atoms with Gasteiger partial charge in [-0.25, -0.2) is 0 Å². The van der Waals surface area contributed by atoms with Gasteiger partial charge in [0.2, 0.25) is 5.89 Å². The molecular formula is C14H18ClN3O3. The number of halogens is 1. The van der Waals surface area contributed by atoms with Gasteiger partial charge in [0.15, 0.2) is 5.82 Å². The van der Waals surface area contributed by atoms with Gasteiger partial charge in [-0.1, -0.05) is 22.8 Å². The second kappa shape index (κ2) is 7.97. The van der Waals surface area contributed by atoms with Crippen molar-refractivity contribution < 1.29 is 14.4 Å². The SMILES string of the molecule is Cc1noc(CCNCC(O)COc2cccc(Cl)c2)n1. The summed E-state index contributed by atoms with van der Waals surface area (Å²) in [7, 11) is 0. The zero-order valence-corrected chi connectivity index (χ0v) is 12.5. The third-order valence-corrected chi connectivity index (χ3v) is 2.94. The van der Waals surface area contributed by atoms with Gasteiger partial charge in [0.05, 0.1) is 0 Å². The summed E-state index contributed by atoms with van der Waals surface area (Å²) in [6.45, 7) is 3.05. The van der Waals surface area contributed by atoms with Gasteiger partial charge in [-0.15, -0.1) is 0 Å². The number of aliphatic hydroxyl groups is 1. The molecule has 0 bridgehead atoms. The van der Waals surface area contributed by atoms with Crippen molar-refractivity contribution in [3.63, 3.8) is 0 Å². The number of rotatable bonds is 8. The van der Waals surface area contributed by atoms with Crippen LogP contribution in [0.15, 0.2) is 28.8 Å². The van der Waals surface area contributed by atoms with Crippen LogP contribution in [0.5, 0.6) is 5.75 Å². The van der Waals surface area contributed by atoms with Crippen LogP contribution < -0.4 is 10.1 Å². The van der Waals surface area contributed by atoms with Crippen molar-refractivity contribution in [1.29, 1.82) is 0 Å². The van der Waals surface area contributed by atoms with Crippen LogP contribution in [0.3, 0.4) is 0 Å². The number of benzene rings is 1. The maximum atomic E-state index is 9.81. The fourth-order valence-corrected chi connectivity index (χ4v) is 1.89. The molecule has 0 aliphatic heterocycles. The molecule has 1 aromatic heterocycles. The summed E-state index contributed by atoms with van der Waals surface area (Å²) in [6, 6.07) is 7.07. The van der Waals surface area contributed by atoms with E-state index in [0.717, 1.165) is 0 Å². The highest BCUT2D eigenvalue weighted by Gasteiger charge is 2.06. The summed E-state index contributed by atoms with van der Waals surface area (Å²) in [5.74, 6) is 1.85. The van der Waals surface area contributed by atoms with Gasteiger partial charge in [0.1, 0.15) is 18.5 Å². The molecule has 2 N–H and O–H groups in total. The van der Waals surface area contributed by atoms with Crippen LogP contribution in [0.2, 0.25) is 5.02 Å². The Morgan fingerprint density at radius 1 is 1.48 bits per heavy atom. The average molecular weight is 312 g/mol. The Morgan fingerprint density at radius 2 is 2.33 bits per heavy atom. The molecule has 2 aromatic rings. The van der Waals surface area contributed by atoms with Crippen molar-refractivity contribution in [1.82, 2.24) is 15.5 Å². The van der Waals surface area contributed by atoms with E-state index in [1.54, 1.807) is 31.2 Å². The molecule has 0 amide bonds. The molecule has 0 spiro atoms. The Labute approximate surface area is 128 Å². The van der Waals surface area contributed by atoms with E-state index in [0.29, 0.717) is 42.0 Å². The molecule has 0 radical (unpaired) electrons. The largest absolute Gasteiger partial charge is 0.491 e. The minimum absolute atomic E-state index is 0.201. The number of ether oxygens (including phenoxy) is 1. The van der Waals surface area contributed by atoms with E-state index in [1.165, 1.54) is 0 Å². The van der Waals surface area contributed by atoms with E-state index in [-0.39, 0.29) is 6.61 Å². The predicted molar refractivity (Wildman–Crippen MR) is 78.6 cm³/mol. The Balaban J connectivity index is 1.60. The van der Waals surface area contributed by atoms with E-state index in [1.807, 2.05) is 0 Å². The Morgan fingerprint density at radius 3 is 3.05 bits per heavy atom. The van der Waals surface area contributed by atoms with E-state index in [9.17, 15) is 5.11 Å². The molecule has 1 aromatic carbocycles. The van der Waals surface area contributed by atoms with E-state index in [4.69, 9.17) is 20.9 Å². The van der Waals surface area contributed by atoms with Crippen molar-refractivity contribution in [2.24, 2.45) is 0 Å². The minimum Gasteiger partial charge on any atom is -0.491 e. The van der Waals surface area contributed by atoms with Gasteiger partial charge in [-0.3, -0.25) is 0 Å². The lowest BCUT2D eigenvalue weighted by atomic mass is 10.3. The number of aryl methyl sites for hydroxylation is 1. The zero-order valence-electron chi connectivity index (χ0n) is 11.8. The number of nitrogens with one attached hydrogen (secondary N) is 1.